The maximum Gasteiger partial charge on any atom is 0.411 e. The lowest BCUT2D eigenvalue weighted by Gasteiger charge is -2.32. The van der Waals surface area contributed by atoms with E-state index in [-0.39, 0.29) is 18.7 Å². The van der Waals surface area contributed by atoms with Gasteiger partial charge in [0, 0.05) is 38.1 Å². The van der Waals surface area contributed by atoms with Crippen molar-refractivity contribution in [1.82, 2.24) is 20.6 Å². The first kappa shape index (κ1) is 21.8. The van der Waals surface area contributed by atoms with Crippen LogP contribution in [0.5, 0.6) is 0 Å². The third-order valence-electron chi connectivity index (χ3n) is 4.68. The Morgan fingerprint density at radius 1 is 1.10 bits per heavy atom. The number of nitrogens with zero attached hydrogens (tertiary/aromatic N) is 3. The zero-order valence-corrected chi connectivity index (χ0v) is 16.4. The van der Waals surface area contributed by atoms with Gasteiger partial charge in [-0.1, -0.05) is 24.3 Å². The van der Waals surface area contributed by atoms with E-state index in [1.165, 1.54) is 0 Å². The molecule has 10 heteroatoms. The highest BCUT2D eigenvalue weighted by Gasteiger charge is 2.27. The Balaban J connectivity index is 1.35. The van der Waals surface area contributed by atoms with E-state index in [9.17, 15) is 18.0 Å². The summed E-state index contributed by atoms with van der Waals surface area (Å²) in [5.41, 5.74) is 1.49. The van der Waals surface area contributed by atoms with E-state index in [2.05, 4.69) is 30.2 Å². The fourth-order valence-corrected chi connectivity index (χ4v) is 3.14. The average Bonchev–Trinajstić information content (AvgIpc) is 2.73. The minimum Gasteiger partial charge on any atom is -0.367 e. The van der Waals surface area contributed by atoms with E-state index >= 15 is 0 Å². The summed E-state index contributed by atoms with van der Waals surface area (Å²) in [7, 11) is 0. The Kier molecular flexibility index (Phi) is 7.45. The molecule has 1 fully saturated rings. The largest absolute Gasteiger partial charge is 0.411 e. The van der Waals surface area contributed by atoms with Crippen molar-refractivity contribution >= 4 is 12.0 Å². The van der Waals surface area contributed by atoms with Crippen LogP contribution in [0, 0.1) is 0 Å². The Morgan fingerprint density at radius 2 is 1.73 bits per heavy atom. The molecule has 1 saturated heterocycles. The minimum absolute atomic E-state index is 0.0816. The highest BCUT2D eigenvalue weighted by Crippen LogP contribution is 2.16. The van der Waals surface area contributed by atoms with Crippen molar-refractivity contribution < 1.29 is 22.7 Å². The van der Waals surface area contributed by atoms with E-state index in [1.807, 2.05) is 0 Å². The molecule has 1 aromatic heterocycles. The fraction of sp³-hybridized carbons (Fsp3) is 0.450. The van der Waals surface area contributed by atoms with Crippen molar-refractivity contribution in [3.63, 3.8) is 0 Å². The molecule has 0 spiro atoms. The Labute approximate surface area is 172 Å². The zero-order chi connectivity index (χ0) is 21.4. The van der Waals surface area contributed by atoms with Crippen LogP contribution in [0.25, 0.3) is 0 Å². The number of halogens is 3. The van der Waals surface area contributed by atoms with Crippen molar-refractivity contribution in [2.24, 2.45) is 0 Å². The molecule has 1 aromatic carbocycles. The van der Waals surface area contributed by atoms with Crippen molar-refractivity contribution in [3.05, 3.63) is 53.9 Å². The second-order valence-electron chi connectivity index (χ2n) is 7.06. The van der Waals surface area contributed by atoms with Crippen molar-refractivity contribution in [2.45, 2.75) is 38.2 Å². The number of rotatable bonds is 7. The Morgan fingerprint density at radius 3 is 2.37 bits per heavy atom. The van der Waals surface area contributed by atoms with Gasteiger partial charge in [-0.25, -0.2) is 14.8 Å². The molecule has 162 valence electrons. The number of anilines is 1. The highest BCUT2D eigenvalue weighted by atomic mass is 19.4. The van der Waals surface area contributed by atoms with E-state index in [0.29, 0.717) is 18.1 Å². The van der Waals surface area contributed by atoms with Crippen LogP contribution >= 0.6 is 0 Å². The fourth-order valence-electron chi connectivity index (χ4n) is 3.14. The number of ether oxygens (including phenoxy) is 1. The van der Waals surface area contributed by atoms with Gasteiger partial charge in [0.1, 0.15) is 6.61 Å². The monoisotopic (exact) mass is 423 g/mol. The topological polar surface area (TPSA) is 79.4 Å². The van der Waals surface area contributed by atoms with Crippen LogP contribution < -0.4 is 15.5 Å². The van der Waals surface area contributed by atoms with Gasteiger partial charge in [-0.05, 0) is 30.0 Å². The summed E-state index contributed by atoms with van der Waals surface area (Å²) >= 11 is 0. The van der Waals surface area contributed by atoms with Crippen molar-refractivity contribution in [2.75, 3.05) is 24.6 Å². The van der Waals surface area contributed by atoms with Gasteiger partial charge in [0.2, 0.25) is 5.95 Å². The molecule has 2 amide bonds. The SMILES string of the molecule is O=C(NCc1ccc(COCC(F)(F)F)cc1)NC1CCN(c2ncccn2)CC1. The number of amides is 2. The summed E-state index contributed by atoms with van der Waals surface area (Å²) in [6.07, 6.45) is 0.699. The molecule has 0 bridgehead atoms. The average molecular weight is 423 g/mol. The van der Waals surface area contributed by atoms with E-state index in [4.69, 9.17) is 0 Å². The molecule has 0 radical (unpaired) electrons. The first-order valence-electron chi connectivity index (χ1n) is 9.68. The number of nitrogens with one attached hydrogen (secondary N) is 2. The molecule has 30 heavy (non-hydrogen) atoms. The highest BCUT2D eigenvalue weighted by molar-refractivity contribution is 5.74. The van der Waals surface area contributed by atoms with Gasteiger partial charge in [-0.3, -0.25) is 0 Å². The van der Waals surface area contributed by atoms with E-state index < -0.39 is 12.8 Å². The molecule has 7 nitrogen and oxygen atoms in total. The molecular weight excluding hydrogens is 399 g/mol. The number of alkyl halides is 3. The Bertz CT molecular complexity index is 794. The third kappa shape index (κ3) is 7.18. The van der Waals surface area contributed by atoms with Crippen molar-refractivity contribution in [1.29, 1.82) is 0 Å². The molecule has 0 aliphatic carbocycles. The predicted molar refractivity (Wildman–Crippen MR) is 105 cm³/mol. The molecule has 3 rings (SSSR count). The lowest BCUT2D eigenvalue weighted by molar-refractivity contribution is -0.176. The van der Waals surface area contributed by atoms with Gasteiger partial charge < -0.3 is 20.3 Å². The molecule has 1 aliphatic heterocycles. The molecule has 1 aliphatic rings. The number of hydrogen-bond acceptors (Lipinski definition) is 5. The van der Waals surface area contributed by atoms with E-state index in [1.54, 1.807) is 42.7 Å². The molecule has 0 saturated carbocycles. The maximum atomic E-state index is 12.2. The number of aromatic nitrogens is 2. The molecule has 2 heterocycles. The van der Waals surface area contributed by atoms with Crippen LogP contribution in [0.2, 0.25) is 0 Å². The van der Waals surface area contributed by atoms with Crippen LogP contribution in [-0.4, -0.2) is 47.9 Å². The lowest BCUT2D eigenvalue weighted by atomic mass is 10.1. The smallest absolute Gasteiger partial charge is 0.367 e. The van der Waals surface area contributed by atoms with E-state index in [0.717, 1.165) is 31.5 Å². The second kappa shape index (κ2) is 10.2. The minimum atomic E-state index is -4.33. The molecule has 0 unspecified atom stereocenters. The molecule has 0 atom stereocenters. The van der Waals surface area contributed by atoms with Crippen LogP contribution in [0.4, 0.5) is 23.9 Å². The van der Waals surface area contributed by atoms with Gasteiger partial charge >= 0.3 is 12.2 Å². The molecule has 2 aromatic rings. The van der Waals surface area contributed by atoms with Gasteiger partial charge in [0.15, 0.2) is 0 Å². The lowest BCUT2D eigenvalue weighted by Crippen LogP contribution is -2.48. The Hall–Kier alpha value is -2.88. The standard InChI is InChI=1S/C20H24F3N5O2/c21-20(22,23)14-30-13-16-4-2-15(3-5-16)12-26-19(29)27-17-6-10-28(11-7-17)18-24-8-1-9-25-18/h1-5,8-9,17H,6-7,10-14H2,(H2,26,27,29). The zero-order valence-electron chi connectivity index (χ0n) is 16.4. The van der Waals surface area contributed by atoms with Crippen LogP contribution in [-0.2, 0) is 17.9 Å². The van der Waals surface area contributed by atoms with Crippen LogP contribution in [0.15, 0.2) is 42.7 Å². The third-order valence-corrected chi connectivity index (χ3v) is 4.68. The number of carbonyl (C=O) groups is 1. The first-order chi connectivity index (χ1) is 14.4. The summed E-state index contributed by atoms with van der Waals surface area (Å²) in [6, 6.07) is 8.49. The second-order valence-corrected chi connectivity index (χ2v) is 7.06. The van der Waals surface area contributed by atoms with Crippen LogP contribution in [0.3, 0.4) is 0 Å². The first-order valence-corrected chi connectivity index (χ1v) is 9.68. The summed E-state index contributed by atoms with van der Waals surface area (Å²) in [4.78, 5) is 22.7. The van der Waals surface area contributed by atoms with Gasteiger partial charge in [0.05, 0.1) is 6.61 Å². The number of carbonyl (C=O) groups excluding carboxylic acids is 1. The quantitative estimate of drug-likeness (QED) is 0.716. The van der Waals surface area contributed by atoms with Gasteiger partial charge in [-0.2, -0.15) is 13.2 Å². The summed E-state index contributed by atoms with van der Waals surface area (Å²) in [5, 5.41) is 5.77. The maximum absolute atomic E-state index is 12.2. The predicted octanol–water partition coefficient (Wildman–Crippen LogP) is 3.02. The summed E-state index contributed by atoms with van der Waals surface area (Å²) < 4.78 is 40.9. The van der Waals surface area contributed by atoms with Crippen LogP contribution in [0.1, 0.15) is 24.0 Å². The van der Waals surface area contributed by atoms with Crippen molar-refractivity contribution in [3.8, 4) is 0 Å². The number of piperidine rings is 1. The number of benzene rings is 1. The van der Waals surface area contributed by atoms with Gasteiger partial charge in [-0.15, -0.1) is 0 Å². The summed E-state index contributed by atoms with van der Waals surface area (Å²) in [5.74, 6) is 0.702. The number of hydrogen-bond donors (Lipinski definition) is 2. The molecular formula is C20H24F3N5O2. The van der Waals surface area contributed by atoms with Gasteiger partial charge in [0.25, 0.3) is 0 Å². The normalized spacial score (nSPS) is 15.1. The molecule has 2 N–H and O–H groups in total. The summed E-state index contributed by atoms with van der Waals surface area (Å²) in [6.45, 7) is 0.486. The number of urea groups is 1.